The first-order valence-electron chi connectivity index (χ1n) is 7.08. The summed E-state index contributed by atoms with van der Waals surface area (Å²) in [6.07, 6.45) is 3.37. The van der Waals surface area contributed by atoms with Crippen molar-refractivity contribution >= 4 is 23.6 Å². The van der Waals surface area contributed by atoms with Crippen LogP contribution in [0, 0.1) is 6.92 Å². The molecule has 0 radical (unpaired) electrons. The fraction of sp³-hybridized carbons (Fsp3) is 0.333. The summed E-state index contributed by atoms with van der Waals surface area (Å²) >= 11 is 1.34. The maximum Gasteiger partial charge on any atom is 0.256 e. The van der Waals surface area contributed by atoms with E-state index in [2.05, 4.69) is 20.6 Å². The number of hydrogen-bond donors (Lipinski definition) is 2. The van der Waals surface area contributed by atoms with E-state index in [1.54, 1.807) is 25.3 Å². The Kier molecular flexibility index (Phi) is 5.75. The number of carbonyl (C=O) groups is 2. The standard InChI is InChI=1S/C15H18N4O3S/c1-4-16-11(20)8-17-14(21)12-9(2)18-13(19-15(12)23-3)10-6-5-7-22-10/h5-7H,4,8H2,1-3H3,(H,16,20)(H,17,21). The van der Waals surface area contributed by atoms with Gasteiger partial charge < -0.3 is 15.1 Å². The number of hydrogen-bond acceptors (Lipinski definition) is 6. The van der Waals surface area contributed by atoms with Gasteiger partial charge in [0.05, 0.1) is 24.1 Å². The lowest BCUT2D eigenvalue weighted by Gasteiger charge is -2.11. The lowest BCUT2D eigenvalue weighted by Crippen LogP contribution is -2.37. The molecule has 2 heterocycles. The summed E-state index contributed by atoms with van der Waals surface area (Å²) in [7, 11) is 0. The maximum absolute atomic E-state index is 12.3. The zero-order valence-electron chi connectivity index (χ0n) is 13.2. The molecule has 2 amide bonds. The minimum Gasteiger partial charge on any atom is -0.461 e. The van der Waals surface area contributed by atoms with Gasteiger partial charge in [0.2, 0.25) is 5.91 Å². The number of aromatic nitrogens is 2. The van der Waals surface area contributed by atoms with Crippen molar-refractivity contribution in [1.82, 2.24) is 20.6 Å². The maximum atomic E-state index is 12.3. The van der Waals surface area contributed by atoms with Crippen molar-refractivity contribution in [3.8, 4) is 11.6 Å². The molecule has 2 aromatic heterocycles. The van der Waals surface area contributed by atoms with E-state index in [4.69, 9.17) is 4.42 Å². The molecule has 7 nitrogen and oxygen atoms in total. The molecule has 0 saturated carbocycles. The second-order valence-corrected chi connectivity index (χ2v) is 5.43. The van der Waals surface area contributed by atoms with Gasteiger partial charge in [0.1, 0.15) is 5.03 Å². The van der Waals surface area contributed by atoms with Gasteiger partial charge in [0.15, 0.2) is 11.6 Å². The van der Waals surface area contributed by atoms with Gasteiger partial charge in [-0.2, -0.15) is 0 Å². The van der Waals surface area contributed by atoms with E-state index in [0.29, 0.717) is 34.4 Å². The third-order valence-electron chi connectivity index (χ3n) is 3.00. The molecule has 0 bridgehead atoms. The van der Waals surface area contributed by atoms with E-state index in [1.165, 1.54) is 11.8 Å². The Morgan fingerprint density at radius 3 is 2.70 bits per heavy atom. The molecule has 2 aromatic rings. The van der Waals surface area contributed by atoms with Gasteiger partial charge in [0, 0.05) is 6.54 Å². The average molecular weight is 334 g/mol. The zero-order chi connectivity index (χ0) is 16.8. The third-order valence-corrected chi connectivity index (χ3v) is 3.68. The van der Waals surface area contributed by atoms with Gasteiger partial charge in [-0.15, -0.1) is 11.8 Å². The summed E-state index contributed by atoms with van der Waals surface area (Å²) < 4.78 is 5.29. The van der Waals surface area contributed by atoms with Gasteiger partial charge in [-0.05, 0) is 32.2 Å². The SMILES string of the molecule is CCNC(=O)CNC(=O)c1c(C)nc(-c2ccco2)nc1SC. The number of thioether (sulfide) groups is 1. The average Bonchev–Trinajstić information content (AvgIpc) is 3.06. The minimum absolute atomic E-state index is 0.0835. The molecule has 8 heteroatoms. The number of amides is 2. The molecular weight excluding hydrogens is 316 g/mol. The van der Waals surface area contributed by atoms with Gasteiger partial charge in [-0.1, -0.05) is 0 Å². The molecule has 0 aliphatic carbocycles. The van der Waals surface area contributed by atoms with E-state index >= 15 is 0 Å². The molecule has 0 aliphatic rings. The number of likely N-dealkylation sites (N-methyl/N-ethyl adjacent to an activating group) is 1. The third kappa shape index (κ3) is 4.10. The summed E-state index contributed by atoms with van der Waals surface area (Å²) in [5, 5.41) is 5.75. The first-order valence-corrected chi connectivity index (χ1v) is 8.30. The second-order valence-electron chi connectivity index (χ2n) is 4.63. The molecule has 0 spiro atoms. The normalized spacial score (nSPS) is 10.4. The highest BCUT2D eigenvalue weighted by Crippen LogP contribution is 2.24. The Bertz CT molecular complexity index is 701. The Labute approximate surface area is 138 Å². The van der Waals surface area contributed by atoms with E-state index in [0.717, 1.165) is 0 Å². The fourth-order valence-corrected chi connectivity index (χ4v) is 2.60. The Morgan fingerprint density at radius 2 is 2.09 bits per heavy atom. The highest BCUT2D eigenvalue weighted by atomic mass is 32.2. The largest absolute Gasteiger partial charge is 0.461 e. The summed E-state index contributed by atoms with van der Waals surface area (Å²) in [6, 6.07) is 3.51. The molecule has 0 aliphatic heterocycles. The van der Waals surface area contributed by atoms with Crippen LogP contribution in [0.1, 0.15) is 23.0 Å². The summed E-state index contributed by atoms with van der Waals surface area (Å²) in [4.78, 5) is 32.5. The van der Waals surface area contributed by atoms with Gasteiger partial charge in [-0.25, -0.2) is 9.97 Å². The van der Waals surface area contributed by atoms with Crippen molar-refractivity contribution in [1.29, 1.82) is 0 Å². The van der Waals surface area contributed by atoms with Crippen LogP contribution >= 0.6 is 11.8 Å². The molecule has 0 aromatic carbocycles. The Balaban J connectivity index is 2.24. The summed E-state index contributed by atoms with van der Waals surface area (Å²) in [6.45, 7) is 3.98. The Morgan fingerprint density at radius 1 is 1.30 bits per heavy atom. The van der Waals surface area contributed by atoms with E-state index in [9.17, 15) is 9.59 Å². The van der Waals surface area contributed by atoms with Crippen LogP contribution in [0.3, 0.4) is 0 Å². The highest BCUT2D eigenvalue weighted by Gasteiger charge is 2.20. The van der Waals surface area contributed by atoms with E-state index in [1.807, 2.05) is 13.2 Å². The van der Waals surface area contributed by atoms with Crippen molar-refractivity contribution in [2.45, 2.75) is 18.9 Å². The van der Waals surface area contributed by atoms with Crippen LogP contribution < -0.4 is 10.6 Å². The molecule has 0 saturated heterocycles. The van der Waals surface area contributed by atoms with Crippen molar-refractivity contribution < 1.29 is 14.0 Å². The number of aryl methyl sites for hydroxylation is 1. The van der Waals surface area contributed by atoms with Crippen LogP contribution in [0.5, 0.6) is 0 Å². The van der Waals surface area contributed by atoms with Crippen LogP contribution in [0.2, 0.25) is 0 Å². The number of nitrogens with zero attached hydrogens (tertiary/aromatic N) is 2. The molecule has 0 unspecified atom stereocenters. The summed E-state index contributed by atoms with van der Waals surface area (Å²) in [5.74, 6) is 0.358. The number of rotatable bonds is 6. The first-order chi connectivity index (χ1) is 11.1. The van der Waals surface area contributed by atoms with Crippen molar-refractivity contribution in [2.24, 2.45) is 0 Å². The zero-order valence-corrected chi connectivity index (χ0v) is 14.0. The molecule has 2 rings (SSSR count). The molecule has 2 N–H and O–H groups in total. The van der Waals surface area contributed by atoms with Crippen LogP contribution in [-0.2, 0) is 4.79 Å². The fourth-order valence-electron chi connectivity index (χ4n) is 1.98. The molecule has 23 heavy (non-hydrogen) atoms. The van der Waals surface area contributed by atoms with Crippen LogP contribution in [0.25, 0.3) is 11.6 Å². The van der Waals surface area contributed by atoms with E-state index < -0.39 is 0 Å². The number of carbonyl (C=O) groups excluding carboxylic acids is 2. The summed E-state index contributed by atoms with van der Waals surface area (Å²) in [5.41, 5.74) is 0.904. The monoisotopic (exact) mass is 334 g/mol. The molecule has 0 fully saturated rings. The van der Waals surface area contributed by atoms with Crippen molar-refractivity contribution in [2.75, 3.05) is 19.3 Å². The Hall–Kier alpha value is -2.35. The predicted molar refractivity (Wildman–Crippen MR) is 87.3 cm³/mol. The minimum atomic E-state index is -0.371. The number of nitrogens with one attached hydrogen (secondary N) is 2. The number of furan rings is 1. The smallest absolute Gasteiger partial charge is 0.256 e. The topological polar surface area (TPSA) is 97.1 Å². The lowest BCUT2D eigenvalue weighted by molar-refractivity contribution is -0.120. The second kappa shape index (κ2) is 7.77. The predicted octanol–water partition coefficient (Wildman–Crippen LogP) is 1.63. The van der Waals surface area contributed by atoms with Crippen LogP contribution in [0.4, 0.5) is 0 Å². The van der Waals surface area contributed by atoms with Gasteiger partial charge in [-0.3, -0.25) is 9.59 Å². The van der Waals surface area contributed by atoms with Crippen LogP contribution in [-0.4, -0.2) is 41.1 Å². The van der Waals surface area contributed by atoms with Crippen molar-refractivity contribution in [3.63, 3.8) is 0 Å². The van der Waals surface area contributed by atoms with Gasteiger partial charge in [0.25, 0.3) is 5.91 Å². The van der Waals surface area contributed by atoms with E-state index in [-0.39, 0.29) is 18.4 Å². The lowest BCUT2D eigenvalue weighted by atomic mass is 10.2. The van der Waals surface area contributed by atoms with Crippen molar-refractivity contribution in [3.05, 3.63) is 29.7 Å². The quantitative estimate of drug-likeness (QED) is 0.616. The first kappa shape index (κ1) is 17.0. The van der Waals surface area contributed by atoms with Crippen LogP contribution in [0.15, 0.2) is 27.8 Å². The molecule has 122 valence electrons. The molecular formula is C15H18N4O3S. The van der Waals surface area contributed by atoms with Gasteiger partial charge >= 0.3 is 0 Å². The molecule has 0 atom stereocenters. The highest BCUT2D eigenvalue weighted by molar-refractivity contribution is 7.98.